The van der Waals surface area contributed by atoms with Crippen LogP contribution in [0.25, 0.3) is 12.2 Å². The first-order chi connectivity index (χ1) is 15.5. The molecular weight excluding hydrogens is 509 g/mol. The minimum absolute atomic E-state index is 0.0497. The molecule has 0 fully saturated rings. The van der Waals surface area contributed by atoms with Gasteiger partial charge in [0.1, 0.15) is 11.8 Å². The van der Waals surface area contributed by atoms with Gasteiger partial charge in [0.15, 0.2) is 0 Å². The lowest BCUT2D eigenvalue weighted by Crippen LogP contribution is -2.17. The van der Waals surface area contributed by atoms with E-state index in [2.05, 4.69) is 22.6 Å². The minimum Gasteiger partial charge on any atom is -0.443 e. The van der Waals surface area contributed by atoms with Crippen LogP contribution in [0.15, 0.2) is 70.0 Å². The molecule has 2 aromatic carbocycles. The molecule has 33 heavy (non-hydrogen) atoms. The number of hydrogen-bond acceptors (Lipinski definition) is 6. The molecule has 0 unspecified atom stereocenters. The molecule has 8 nitrogen and oxygen atoms in total. The molecule has 0 aliphatic rings. The fourth-order valence-electron chi connectivity index (χ4n) is 2.69. The first-order valence-electron chi connectivity index (χ1n) is 8.94. The van der Waals surface area contributed by atoms with Crippen LogP contribution in [0.5, 0.6) is 0 Å². The molecule has 0 saturated heterocycles. The predicted molar refractivity (Wildman–Crippen MR) is 128 cm³/mol. The Bertz CT molecular complexity index is 1500. The maximum Gasteiger partial charge on any atom is 0.295 e. The van der Waals surface area contributed by atoms with Gasteiger partial charge in [0.25, 0.3) is 20.0 Å². The van der Waals surface area contributed by atoms with E-state index >= 15 is 0 Å². The van der Waals surface area contributed by atoms with Crippen molar-refractivity contribution in [2.24, 2.45) is 0 Å². The fourth-order valence-corrected chi connectivity index (χ4v) is 5.29. The van der Waals surface area contributed by atoms with E-state index < -0.39 is 25.1 Å². The van der Waals surface area contributed by atoms with Gasteiger partial charge in [0.2, 0.25) is 5.09 Å². The number of sulfonamides is 2. The summed E-state index contributed by atoms with van der Waals surface area (Å²) in [6.45, 7) is 7.14. The molecule has 3 aromatic rings. The highest BCUT2D eigenvalue weighted by molar-refractivity contribution is 7.93. The molecule has 0 atom stereocenters. The number of nitrogens with one attached hydrogen (secondary N) is 2. The van der Waals surface area contributed by atoms with Crippen molar-refractivity contribution in [3.05, 3.63) is 82.6 Å². The van der Waals surface area contributed by atoms with Crippen molar-refractivity contribution in [1.29, 1.82) is 5.26 Å². The van der Waals surface area contributed by atoms with Crippen molar-refractivity contribution in [3.63, 3.8) is 0 Å². The summed E-state index contributed by atoms with van der Waals surface area (Å²) in [4.78, 5) is -0.229. The average molecular weight is 524 g/mol. The van der Waals surface area contributed by atoms with Gasteiger partial charge in [-0.2, -0.15) is 13.7 Å². The number of rotatable bonds is 8. The van der Waals surface area contributed by atoms with Crippen LogP contribution < -0.4 is 9.44 Å². The number of nitriles is 1. The van der Waals surface area contributed by atoms with Crippen LogP contribution in [0.2, 0.25) is 10.0 Å². The van der Waals surface area contributed by atoms with E-state index in [0.717, 1.165) is 6.07 Å². The third kappa shape index (κ3) is 5.23. The van der Waals surface area contributed by atoms with E-state index in [1.54, 1.807) is 0 Å². The molecule has 0 bridgehead atoms. The van der Waals surface area contributed by atoms with Gasteiger partial charge in [-0.3, -0.25) is 9.44 Å². The summed E-state index contributed by atoms with van der Waals surface area (Å²) in [5, 5.41) is 8.63. The van der Waals surface area contributed by atoms with Crippen LogP contribution in [0.1, 0.15) is 16.9 Å². The van der Waals surface area contributed by atoms with Crippen LogP contribution in [-0.4, -0.2) is 16.8 Å². The van der Waals surface area contributed by atoms with Crippen molar-refractivity contribution in [1.82, 2.24) is 0 Å². The molecule has 170 valence electrons. The minimum atomic E-state index is -4.27. The Balaban J connectivity index is 1.99. The van der Waals surface area contributed by atoms with E-state index in [0.29, 0.717) is 5.56 Å². The van der Waals surface area contributed by atoms with Gasteiger partial charge >= 0.3 is 0 Å². The van der Waals surface area contributed by atoms with Gasteiger partial charge in [-0.1, -0.05) is 42.4 Å². The number of furan rings is 1. The topological polar surface area (TPSA) is 129 Å². The second-order valence-corrected chi connectivity index (χ2v) is 10.6. The Kier molecular flexibility index (Phi) is 6.90. The Morgan fingerprint density at radius 3 is 2.18 bits per heavy atom. The quantitative estimate of drug-likeness (QED) is 0.409. The average Bonchev–Trinajstić information content (AvgIpc) is 3.20. The highest BCUT2D eigenvalue weighted by atomic mass is 35.5. The standard InChI is InChI=1S/C21H15Cl2N3O5S2/c1-3-13-9-21(31-20(13)4-2)33(29,30)26-19-10-15(22)6-8-18(19)25-32(27,28)16-7-5-14(12-24)17(23)11-16/h3-11,25-26H,1-2H2. The van der Waals surface area contributed by atoms with Gasteiger partial charge in [-0.15, -0.1) is 0 Å². The lowest BCUT2D eigenvalue weighted by Gasteiger charge is -2.14. The van der Waals surface area contributed by atoms with Crippen molar-refractivity contribution in [2.75, 3.05) is 9.44 Å². The Morgan fingerprint density at radius 1 is 0.909 bits per heavy atom. The van der Waals surface area contributed by atoms with Gasteiger partial charge in [-0.05, 0) is 42.5 Å². The molecular formula is C21H15Cl2N3O5S2. The first-order valence-corrected chi connectivity index (χ1v) is 12.7. The molecule has 0 spiro atoms. The van der Waals surface area contributed by atoms with Gasteiger partial charge in [0, 0.05) is 16.7 Å². The molecule has 0 amide bonds. The summed E-state index contributed by atoms with van der Waals surface area (Å²) < 4.78 is 61.3. The number of halogens is 2. The maximum atomic E-state index is 12.9. The Hall–Kier alpha value is -3.23. The number of nitrogens with zero attached hydrogens (tertiary/aromatic N) is 1. The molecule has 1 aromatic heterocycles. The molecule has 0 saturated carbocycles. The molecule has 3 rings (SSSR count). The van der Waals surface area contributed by atoms with Gasteiger partial charge < -0.3 is 4.42 Å². The molecule has 0 radical (unpaired) electrons. The van der Waals surface area contributed by atoms with Gasteiger partial charge in [-0.25, -0.2) is 8.42 Å². The number of anilines is 2. The number of benzene rings is 2. The predicted octanol–water partition coefficient (Wildman–Crippen LogP) is 5.35. The summed E-state index contributed by atoms with van der Waals surface area (Å²) in [6, 6.07) is 10.5. The summed E-state index contributed by atoms with van der Waals surface area (Å²) >= 11 is 11.9. The molecule has 0 aliphatic carbocycles. The summed E-state index contributed by atoms with van der Waals surface area (Å²) in [5.41, 5.74) is 0.257. The zero-order chi connectivity index (χ0) is 24.4. The summed E-state index contributed by atoms with van der Waals surface area (Å²) in [7, 11) is -8.47. The van der Waals surface area contributed by atoms with E-state index in [9.17, 15) is 16.8 Å². The van der Waals surface area contributed by atoms with Crippen LogP contribution >= 0.6 is 23.2 Å². The molecule has 0 aliphatic heterocycles. The number of hydrogen-bond donors (Lipinski definition) is 2. The smallest absolute Gasteiger partial charge is 0.295 e. The fraction of sp³-hybridized carbons (Fsp3) is 0. The monoisotopic (exact) mass is 523 g/mol. The zero-order valence-corrected chi connectivity index (χ0v) is 19.8. The van der Waals surface area contributed by atoms with E-state index in [-0.39, 0.29) is 37.6 Å². The van der Waals surface area contributed by atoms with Crippen LogP contribution in [0, 0.1) is 11.3 Å². The lowest BCUT2D eigenvalue weighted by atomic mass is 10.2. The third-order valence-electron chi connectivity index (χ3n) is 4.28. The van der Waals surface area contributed by atoms with Crippen molar-refractivity contribution < 1.29 is 21.3 Å². The SMILES string of the molecule is C=Cc1cc(S(=O)(=O)Nc2cc(Cl)ccc2NS(=O)(=O)c2ccc(C#N)c(Cl)c2)oc1C=C. The first kappa shape index (κ1) is 24.4. The largest absolute Gasteiger partial charge is 0.443 e. The normalized spacial score (nSPS) is 11.4. The molecule has 1 heterocycles. The zero-order valence-electron chi connectivity index (χ0n) is 16.7. The summed E-state index contributed by atoms with van der Waals surface area (Å²) in [5.74, 6) is 0.204. The maximum absolute atomic E-state index is 12.9. The van der Waals surface area contributed by atoms with Crippen molar-refractivity contribution in [3.8, 4) is 6.07 Å². The van der Waals surface area contributed by atoms with E-state index in [4.69, 9.17) is 32.9 Å². The van der Waals surface area contributed by atoms with Crippen molar-refractivity contribution in [2.45, 2.75) is 9.99 Å². The lowest BCUT2D eigenvalue weighted by molar-refractivity contribution is 0.445. The van der Waals surface area contributed by atoms with Crippen LogP contribution in [0.3, 0.4) is 0 Å². The highest BCUT2D eigenvalue weighted by Gasteiger charge is 2.24. The third-order valence-corrected chi connectivity index (χ3v) is 7.41. The Labute approximate surface area is 200 Å². The van der Waals surface area contributed by atoms with E-state index in [1.807, 2.05) is 6.07 Å². The second kappa shape index (κ2) is 9.33. The van der Waals surface area contributed by atoms with Gasteiger partial charge in [0.05, 0.1) is 26.9 Å². The van der Waals surface area contributed by atoms with Crippen molar-refractivity contribution >= 4 is 66.8 Å². The van der Waals surface area contributed by atoms with Crippen LogP contribution in [-0.2, 0) is 20.0 Å². The summed E-state index contributed by atoms with van der Waals surface area (Å²) in [6.07, 6.45) is 2.74. The molecule has 12 heteroatoms. The second-order valence-electron chi connectivity index (χ2n) is 6.45. The molecule has 2 N–H and O–H groups in total. The van der Waals surface area contributed by atoms with E-state index in [1.165, 1.54) is 48.6 Å². The van der Waals surface area contributed by atoms with Crippen LogP contribution in [0.4, 0.5) is 11.4 Å². The highest BCUT2D eigenvalue weighted by Crippen LogP contribution is 2.32. The Morgan fingerprint density at radius 2 is 1.61 bits per heavy atom.